The van der Waals surface area contributed by atoms with Crippen molar-refractivity contribution in [2.75, 3.05) is 28.7 Å². The van der Waals surface area contributed by atoms with Crippen LogP contribution in [0, 0.1) is 13.8 Å². The van der Waals surface area contributed by atoms with E-state index in [1.165, 1.54) is 13.3 Å². The average Bonchev–Trinajstić information content (AvgIpc) is 2.90. The molecule has 0 amide bonds. The number of hydrogen-bond acceptors (Lipinski definition) is 8. The molecule has 0 atom stereocenters. The molecule has 10 nitrogen and oxygen atoms in total. The van der Waals surface area contributed by atoms with Gasteiger partial charge in [0.05, 0.1) is 48.0 Å². The Morgan fingerprint density at radius 2 is 1.90 bits per heavy atom. The Kier molecular flexibility index (Phi) is 6.04. The second-order valence-electron chi connectivity index (χ2n) is 6.60. The van der Waals surface area contributed by atoms with E-state index >= 15 is 0 Å². The zero-order valence-electron chi connectivity index (χ0n) is 17.1. The van der Waals surface area contributed by atoms with E-state index in [1.54, 1.807) is 22.9 Å². The quantitative estimate of drug-likeness (QED) is 0.499. The fourth-order valence-electron chi connectivity index (χ4n) is 2.75. The SMILES string of the molecule is COc1ccc(Nc2nc(Nc3c(C)nn(C)c3C)ncc2Cl)c(NS(C)(=O)=O)c1. The highest BCUT2D eigenvalue weighted by molar-refractivity contribution is 7.92. The van der Waals surface area contributed by atoms with E-state index in [0.29, 0.717) is 28.9 Å². The number of halogens is 1. The molecule has 0 spiro atoms. The maximum atomic E-state index is 11.7. The minimum absolute atomic E-state index is 0.265. The molecule has 0 fully saturated rings. The van der Waals surface area contributed by atoms with Gasteiger partial charge in [-0.25, -0.2) is 13.4 Å². The number of rotatable bonds is 7. The number of aromatic nitrogens is 4. The smallest absolute Gasteiger partial charge is 0.229 e. The van der Waals surface area contributed by atoms with Gasteiger partial charge < -0.3 is 15.4 Å². The van der Waals surface area contributed by atoms with Gasteiger partial charge in [-0.2, -0.15) is 10.1 Å². The molecule has 2 heterocycles. The van der Waals surface area contributed by atoms with E-state index in [0.717, 1.165) is 23.3 Å². The normalized spacial score (nSPS) is 11.3. The van der Waals surface area contributed by atoms with Crippen molar-refractivity contribution in [2.45, 2.75) is 13.8 Å². The van der Waals surface area contributed by atoms with Crippen LogP contribution in [-0.2, 0) is 17.1 Å². The third-order valence-electron chi connectivity index (χ3n) is 4.27. The molecule has 0 unspecified atom stereocenters. The fourth-order valence-corrected chi connectivity index (χ4v) is 3.46. The molecule has 1 aromatic carbocycles. The van der Waals surface area contributed by atoms with Crippen LogP contribution < -0.4 is 20.1 Å². The minimum Gasteiger partial charge on any atom is -0.497 e. The molecule has 0 saturated heterocycles. The molecule has 0 bridgehead atoms. The molecule has 3 N–H and O–H groups in total. The van der Waals surface area contributed by atoms with Crippen molar-refractivity contribution in [1.82, 2.24) is 19.7 Å². The maximum absolute atomic E-state index is 11.7. The summed E-state index contributed by atoms with van der Waals surface area (Å²) < 4.78 is 32.9. The second-order valence-corrected chi connectivity index (χ2v) is 8.75. The lowest BCUT2D eigenvalue weighted by Gasteiger charge is -2.15. The van der Waals surface area contributed by atoms with Gasteiger partial charge in [-0.05, 0) is 26.0 Å². The van der Waals surface area contributed by atoms with Gasteiger partial charge in [-0.1, -0.05) is 11.6 Å². The van der Waals surface area contributed by atoms with E-state index in [-0.39, 0.29) is 5.02 Å². The first-order valence-electron chi connectivity index (χ1n) is 8.80. The lowest BCUT2D eigenvalue weighted by molar-refractivity contribution is 0.415. The summed E-state index contributed by atoms with van der Waals surface area (Å²) in [5.74, 6) is 1.10. The highest BCUT2D eigenvalue weighted by Crippen LogP contribution is 2.32. The molecule has 0 radical (unpaired) electrons. The Labute approximate surface area is 179 Å². The fraction of sp³-hybridized carbons (Fsp3) is 0.278. The average molecular weight is 452 g/mol. The highest BCUT2D eigenvalue weighted by Gasteiger charge is 2.15. The Bertz CT molecular complexity index is 1190. The minimum atomic E-state index is -3.52. The van der Waals surface area contributed by atoms with Gasteiger partial charge in [0.1, 0.15) is 10.8 Å². The lowest BCUT2D eigenvalue weighted by atomic mass is 10.2. The molecule has 12 heteroatoms. The van der Waals surface area contributed by atoms with Crippen molar-refractivity contribution < 1.29 is 13.2 Å². The number of methoxy groups -OCH3 is 1. The summed E-state index contributed by atoms with van der Waals surface area (Å²) in [4.78, 5) is 8.64. The van der Waals surface area contributed by atoms with Gasteiger partial charge in [0, 0.05) is 13.1 Å². The van der Waals surface area contributed by atoms with Crippen LogP contribution in [0.4, 0.5) is 28.8 Å². The molecule has 2 aromatic heterocycles. The molecule has 160 valence electrons. The van der Waals surface area contributed by atoms with Gasteiger partial charge in [-0.15, -0.1) is 0 Å². The molecule has 0 saturated carbocycles. The largest absolute Gasteiger partial charge is 0.497 e. The van der Waals surface area contributed by atoms with Crippen LogP contribution in [0.15, 0.2) is 24.4 Å². The zero-order chi connectivity index (χ0) is 22.1. The predicted octanol–water partition coefficient (Wildman–Crippen LogP) is 3.35. The topological polar surface area (TPSA) is 123 Å². The summed E-state index contributed by atoms with van der Waals surface area (Å²) in [7, 11) is -0.171. The number of ether oxygens (including phenoxy) is 1. The highest BCUT2D eigenvalue weighted by atomic mass is 35.5. The third kappa shape index (κ3) is 4.92. The second kappa shape index (κ2) is 8.36. The predicted molar refractivity (Wildman–Crippen MR) is 118 cm³/mol. The molecular weight excluding hydrogens is 430 g/mol. The van der Waals surface area contributed by atoms with Crippen molar-refractivity contribution in [3.05, 3.63) is 40.8 Å². The van der Waals surface area contributed by atoms with Crippen molar-refractivity contribution in [3.8, 4) is 5.75 Å². The van der Waals surface area contributed by atoms with Crippen LogP contribution in [0.3, 0.4) is 0 Å². The standard InChI is InChI=1S/C18H22ClN7O3S/c1-10-16(11(2)26(3)24-10)22-18-20-9-13(19)17(23-18)21-14-7-6-12(29-4)8-15(14)25-30(5,27)28/h6-9,25H,1-5H3,(H2,20,21,22,23). The summed E-state index contributed by atoms with van der Waals surface area (Å²) in [5.41, 5.74) is 3.27. The summed E-state index contributed by atoms with van der Waals surface area (Å²) in [6.07, 6.45) is 2.52. The number of aryl methyl sites for hydroxylation is 2. The molecule has 0 aliphatic rings. The molecule has 3 aromatic rings. The van der Waals surface area contributed by atoms with E-state index < -0.39 is 10.0 Å². The van der Waals surface area contributed by atoms with Crippen molar-refractivity contribution >= 4 is 50.5 Å². The first-order valence-corrected chi connectivity index (χ1v) is 11.1. The van der Waals surface area contributed by atoms with Crippen molar-refractivity contribution in [2.24, 2.45) is 7.05 Å². The van der Waals surface area contributed by atoms with Crippen LogP contribution in [0.5, 0.6) is 5.75 Å². The third-order valence-corrected chi connectivity index (χ3v) is 5.13. The number of benzene rings is 1. The van der Waals surface area contributed by atoms with Crippen LogP contribution >= 0.6 is 11.6 Å². The Morgan fingerprint density at radius 1 is 1.17 bits per heavy atom. The number of nitrogens with one attached hydrogen (secondary N) is 3. The van der Waals surface area contributed by atoms with E-state index in [1.807, 2.05) is 20.9 Å². The number of anilines is 5. The Balaban J connectivity index is 1.94. The maximum Gasteiger partial charge on any atom is 0.229 e. The Hall–Kier alpha value is -3.05. The van der Waals surface area contributed by atoms with Crippen LogP contribution in [0.1, 0.15) is 11.4 Å². The van der Waals surface area contributed by atoms with E-state index in [9.17, 15) is 8.42 Å². The first kappa shape index (κ1) is 21.7. The van der Waals surface area contributed by atoms with Gasteiger partial charge in [0.25, 0.3) is 0 Å². The molecular formula is C18H22ClN7O3S. The lowest BCUT2D eigenvalue weighted by Crippen LogP contribution is -2.11. The Morgan fingerprint density at radius 3 is 2.50 bits per heavy atom. The summed E-state index contributed by atoms with van der Waals surface area (Å²) >= 11 is 6.26. The van der Waals surface area contributed by atoms with E-state index in [2.05, 4.69) is 30.4 Å². The molecule has 0 aliphatic carbocycles. The van der Waals surface area contributed by atoms with Crippen LogP contribution in [0.25, 0.3) is 0 Å². The van der Waals surface area contributed by atoms with Crippen molar-refractivity contribution in [3.63, 3.8) is 0 Å². The van der Waals surface area contributed by atoms with Crippen LogP contribution in [0.2, 0.25) is 5.02 Å². The summed E-state index contributed by atoms with van der Waals surface area (Å²) in [6, 6.07) is 4.90. The van der Waals surface area contributed by atoms with Gasteiger partial charge in [0.15, 0.2) is 5.82 Å². The summed E-state index contributed by atoms with van der Waals surface area (Å²) in [6.45, 7) is 3.81. The van der Waals surface area contributed by atoms with Gasteiger partial charge in [-0.3, -0.25) is 9.40 Å². The zero-order valence-corrected chi connectivity index (χ0v) is 18.7. The first-order chi connectivity index (χ1) is 14.1. The molecule has 3 rings (SSSR count). The van der Waals surface area contributed by atoms with Gasteiger partial charge >= 0.3 is 0 Å². The van der Waals surface area contributed by atoms with Crippen LogP contribution in [-0.4, -0.2) is 41.5 Å². The number of sulfonamides is 1. The van der Waals surface area contributed by atoms with Gasteiger partial charge in [0.2, 0.25) is 16.0 Å². The monoisotopic (exact) mass is 451 g/mol. The molecule has 0 aliphatic heterocycles. The van der Waals surface area contributed by atoms with Crippen molar-refractivity contribution in [1.29, 1.82) is 0 Å². The number of nitrogens with zero attached hydrogens (tertiary/aromatic N) is 4. The summed E-state index contributed by atoms with van der Waals surface area (Å²) in [5, 5.41) is 10.8. The van der Waals surface area contributed by atoms with E-state index in [4.69, 9.17) is 16.3 Å². The molecule has 30 heavy (non-hydrogen) atoms. The number of hydrogen-bond donors (Lipinski definition) is 3.